The molecule has 0 aliphatic heterocycles. The molecule has 0 fully saturated rings. The van der Waals surface area contributed by atoms with Crippen molar-refractivity contribution < 1.29 is 0 Å². The Morgan fingerprint density at radius 1 is 1.28 bits per heavy atom. The average molecular weight is 264 g/mol. The van der Waals surface area contributed by atoms with Crippen LogP contribution in [0.15, 0.2) is 24.3 Å². The van der Waals surface area contributed by atoms with Crippen LogP contribution < -0.4 is 5.32 Å². The number of para-hydroxylation sites is 1. The molecule has 18 heavy (non-hydrogen) atoms. The molecule has 1 atom stereocenters. The number of hydrogen-bond acceptors (Lipinski definition) is 2. The van der Waals surface area contributed by atoms with Crippen molar-refractivity contribution in [3.8, 4) is 0 Å². The summed E-state index contributed by atoms with van der Waals surface area (Å²) in [6.45, 7) is 6.24. The van der Waals surface area contributed by atoms with Gasteiger partial charge in [0.1, 0.15) is 0 Å². The Bertz CT molecular complexity index is 560. The number of hydrogen-bond donors (Lipinski definition) is 1. The molecule has 96 valence electrons. The molecule has 1 heterocycles. The second kappa shape index (κ2) is 5.02. The Kier molecular flexibility index (Phi) is 3.62. The van der Waals surface area contributed by atoms with E-state index in [4.69, 9.17) is 11.6 Å². The molecule has 0 aliphatic rings. The van der Waals surface area contributed by atoms with Gasteiger partial charge >= 0.3 is 0 Å². The lowest BCUT2D eigenvalue weighted by Crippen LogP contribution is -2.09. The van der Waals surface area contributed by atoms with E-state index in [9.17, 15) is 0 Å². The number of anilines is 1. The zero-order valence-corrected chi connectivity index (χ0v) is 11.9. The maximum atomic E-state index is 6.16. The molecule has 1 aromatic heterocycles. The van der Waals surface area contributed by atoms with E-state index in [1.165, 1.54) is 11.3 Å². The lowest BCUT2D eigenvalue weighted by Gasteiger charge is -2.17. The summed E-state index contributed by atoms with van der Waals surface area (Å²) in [5.74, 6) is 0. The van der Waals surface area contributed by atoms with Gasteiger partial charge in [0.05, 0.1) is 22.4 Å². The molecule has 2 rings (SSSR count). The van der Waals surface area contributed by atoms with Crippen molar-refractivity contribution in [3.05, 3.63) is 46.2 Å². The molecular formula is C14H18ClN3. The second-order valence-electron chi connectivity index (χ2n) is 4.55. The highest BCUT2D eigenvalue weighted by atomic mass is 35.5. The van der Waals surface area contributed by atoms with Crippen molar-refractivity contribution in [2.24, 2.45) is 7.05 Å². The third-order valence-corrected chi connectivity index (χ3v) is 3.57. The van der Waals surface area contributed by atoms with Crippen molar-refractivity contribution in [2.75, 3.05) is 5.32 Å². The van der Waals surface area contributed by atoms with Crippen molar-refractivity contribution in [1.29, 1.82) is 0 Å². The summed E-state index contributed by atoms with van der Waals surface area (Å²) in [6, 6.07) is 7.96. The van der Waals surface area contributed by atoms with Gasteiger partial charge in [-0.05, 0) is 32.9 Å². The Morgan fingerprint density at radius 3 is 2.50 bits per heavy atom. The minimum atomic E-state index is 0.179. The smallest absolute Gasteiger partial charge is 0.0649 e. The highest BCUT2D eigenvalue weighted by molar-refractivity contribution is 6.33. The van der Waals surface area contributed by atoms with Gasteiger partial charge in [0.2, 0.25) is 0 Å². The monoisotopic (exact) mass is 263 g/mol. The Hall–Kier alpha value is -1.48. The minimum absolute atomic E-state index is 0.179. The zero-order chi connectivity index (χ0) is 13.3. The summed E-state index contributed by atoms with van der Waals surface area (Å²) in [5.41, 5.74) is 4.42. The van der Waals surface area contributed by atoms with Gasteiger partial charge in [0, 0.05) is 18.3 Å². The van der Waals surface area contributed by atoms with Gasteiger partial charge in [0.25, 0.3) is 0 Å². The Morgan fingerprint density at radius 2 is 1.94 bits per heavy atom. The van der Waals surface area contributed by atoms with Crippen LogP contribution in [0.4, 0.5) is 5.69 Å². The normalized spacial score (nSPS) is 12.5. The molecule has 0 bridgehead atoms. The minimum Gasteiger partial charge on any atom is -0.377 e. The quantitative estimate of drug-likeness (QED) is 0.911. The van der Waals surface area contributed by atoms with Gasteiger partial charge in [-0.25, -0.2) is 0 Å². The first-order chi connectivity index (χ1) is 8.50. The summed E-state index contributed by atoms with van der Waals surface area (Å²) in [5, 5.41) is 8.61. The molecule has 0 radical (unpaired) electrons. The molecule has 4 heteroatoms. The average Bonchev–Trinajstić information content (AvgIpc) is 2.56. The van der Waals surface area contributed by atoms with E-state index >= 15 is 0 Å². The van der Waals surface area contributed by atoms with Gasteiger partial charge in [-0.2, -0.15) is 5.10 Å². The molecule has 0 amide bonds. The van der Waals surface area contributed by atoms with Crippen molar-refractivity contribution in [2.45, 2.75) is 26.8 Å². The molecule has 1 aromatic carbocycles. The van der Waals surface area contributed by atoms with Crippen LogP contribution in [0, 0.1) is 13.8 Å². The van der Waals surface area contributed by atoms with Gasteiger partial charge < -0.3 is 5.32 Å². The first kappa shape index (κ1) is 13.0. The molecule has 2 aromatic rings. The largest absolute Gasteiger partial charge is 0.377 e. The highest BCUT2D eigenvalue weighted by Crippen LogP contribution is 2.28. The second-order valence-corrected chi connectivity index (χ2v) is 4.96. The van der Waals surface area contributed by atoms with Gasteiger partial charge in [0.15, 0.2) is 0 Å². The van der Waals surface area contributed by atoms with Crippen LogP contribution in [0.5, 0.6) is 0 Å². The molecular weight excluding hydrogens is 246 g/mol. The summed E-state index contributed by atoms with van der Waals surface area (Å²) < 4.78 is 1.91. The molecule has 3 nitrogen and oxygen atoms in total. The van der Waals surface area contributed by atoms with E-state index in [2.05, 4.69) is 24.3 Å². The van der Waals surface area contributed by atoms with Crippen LogP contribution in [0.3, 0.4) is 0 Å². The number of aryl methyl sites for hydroxylation is 2. The lowest BCUT2D eigenvalue weighted by molar-refractivity contribution is 0.728. The van der Waals surface area contributed by atoms with Crippen LogP contribution in [-0.2, 0) is 7.05 Å². The summed E-state index contributed by atoms with van der Waals surface area (Å²) in [7, 11) is 1.97. The van der Waals surface area contributed by atoms with Crippen molar-refractivity contribution in [1.82, 2.24) is 9.78 Å². The maximum absolute atomic E-state index is 6.16. The topological polar surface area (TPSA) is 29.9 Å². The standard InChI is InChI=1S/C14H18ClN3/c1-9(14-10(2)17-18(4)11(14)3)16-13-8-6-5-7-12(13)15/h5-9,16H,1-4H3. The third kappa shape index (κ3) is 2.36. The SMILES string of the molecule is Cc1nn(C)c(C)c1C(C)Nc1ccccc1Cl. The van der Waals surface area contributed by atoms with Gasteiger partial charge in [-0.3, -0.25) is 4.68 Å². The fraction of sp³-hybridized carbons (Fsp3) is 0.357. The van der Waals surface area contributed by atoms with Crippen molar-refractivity contribution in [3.63, 3.8) is 0 Å². The van der Waals surface area contributed by atoms with E-state index in [1.807, 2.05) is 42.9 Å². The van der Waals surface area contributed by atoms with Gasteiger partial charge in [-0.15, -0.1) is 0 Å². The number of benzene rings is 1. The Labute approximate surface area is 113 Å². The molecule has 0 saturated heterocycles. The van der Waals surface area contributed by atoms with E-state index in [0.717, 1.165) is 16.4 Å². The fourth-order valence-corrected chi connectivity index (χ4v) is 2.49. The predicted octanol–water partition coefficient (Wildman–Crippen LogP) is 3.86. The first-order valence-corrected chi connectivity index (χ1v) is 6.39. The van der Waals surface area contributed by atoms with E-state index in [-0.39, 0.29) is 6.04 Å². The predicted molar refractivity (Wildman–Crippen MR) is 76.2 cm³/mol. The van der Waals surface area contributed by atoms with Crippen LogP contribution in [0.1, 0.15) is 29.9 Å². The molecule has 0 spiro atoms. The van der Waals surface area contributed by atoms with Crippen LogP contribution in [0.2, 0.25) is 5.02 Å². The van der Waals surface area contributed by atoms with Gasteiger partial charge in [-0.1, -0.05) is 23.7 Å². The highest BCUT2D eigenvalue weighted by Gasteiger charge is 2.16. The summed E-state index contributed by atoms with van der Waals surface area (Å²) in [6.07, 6.45) is 0. The number of nitrogens with zero attached hydrogens (tertiary/aromatic N) is 2. The Balaban J connectivity index is 2.28. The number of rotatable bonds is 3. The fourth-order valence-electron chi connectivity index (χ4n) is 2.30. The molecule has 1 N–H and O–H groups in total. The third-order valence-electron chi connectivity index (χ3n) is 3.24. The number of halogens is 1. The van der Waals surface area contributed by atoms with Crippen LogP contribution in [0.25, 0.3) is 0 Å². The van der Waals surface area contributed by atoms with E-state index < -0.39 is 0 Å². The lowest BCUT2D eigenvalue weighted by atomic mass is 10.1. The van der Waals surface area contributed by atoms with Crippen LogP contribution in [-0.4, -0.2) is 9.78 Å². The molecule has 1 unspecified atom stereocenters. The van der Waals surface area contributed by atoms with E-state index in [1.54, 1.807) is 0 Å². The number of nitrogens with one attached hydrogen (secondary N) is 1. The first-order valence-electron chi connectivity index (χ1n) is 6.02. The van der Waals surface area contributed by atoms with Crippen LogP contribution >= 0.6 is 11.6 Å². The van der Waals surface area contributed by atoms with Crippen molar-refractivity contribution >= 4 is 17.3 Å². The molecule has 0 aliphatic carbocycles. The zero-order valence-electron chi connectivity index (χ0n) is 11.2. The summed E-state index contributed by atoms with van der Waals surface area (Å²) in [4.78, 5) is 0. The summed E-state index contributed by atoms with van der Waals surface area (Å²) >= 11 is 6.16. The van der Waals surface area contributed by atoms with E-state index in [0.29, 0.717) is 0 Å². The number of aromatic nitrogens is 2. The maximum Gasteiger partial charge on any atom is 0.0649 e. The molecule has 0 saturated carbocycles.